The molecule has 0 unspecified atom stereocenters. The Morgan fingerprint density at radius 1 is 1.10 bits per heavy atom. The SMILES string of the molecule is COc1ccc(-c2cccc([C@@H]3CCCN(C(=O)Cc4ccncc4)C3)n2)cc1. The number of hydrogen-bond donors (Lipinski definition) is 0. The Labute approximate surface area is 171 Å². The summed E-state index contributed by atoms with van der Waals surface area (Å²) in [5.74, 6) is 1.27. The molecule has 1 saturated heterocycles. The lowest BCUT2D eigenvalue weighted by atomic mass is 9.93. The Morgan fingerprint density at radius 2 is 1.90 bits per heavy atom. The van der Waals surface area contributed by atoms with Crippen LogP contribution in [-0.4, -0.2) is 41.0 Å². The number of carbonyl (C=O) groups excluding carboxylic acids is 1. The van der Waals surface area contributed by atoms with Gasteiger partial charge in [-0.25, -0.2) is 0 Å². The van der Waals surface area contributed by atoms with Crippen LogP contribution < -0.4 is 4.74 Å². The summed E-state index contributed by atoms with van der Waals surface area (Å²) in [5.41, 5.74) is 4.07. The molecular weight excluding hydrogens is 362 g/mol. The van der Waals surface area contributed by atoms with Crippen molar-refractivity contribution in [3.63, 3.8) is 0 Å². The standard InChI is InChI=1S/C24H25N3O2/c1-29-21-9-7-19(8-10-21)22-5-2-6-23(26-22)20-4-3-15-27(17-20)24(28)16-18-11-13-25-14-12-18/h2,5-14,20H,3-4,15-17H2,1H3/t20-/m1/s1. The highest BCUT2D eigenvalue weighted by Crippen LogP contribution is 2.28. The maximum absolute atomic E-state index is 12.8. The zero-order chi connectivity index (χ0) is 20.1. The summed E-state index contributed by atoms with van der Waals surface area (Å²) in [6.45, 7) is 1.54. The molecule has 5 nitrogen and oxygen atoms in total. The van der Waals surface area contributed by atoms with E-state index in [1.165, 1.54) is 0 Å². The normalized spacial score (nSPS) is 16.4. The summed E-state index contributed by atoms with van der Waals surface area (Å²) >= 11 is 0. The van der Waals surface area contributed by atoms with Crippen LogP contribution in [0.1, 0.15) is 30.0 Å². The van der Waals surface area contributed by atoms with Gasteiger partial charge in [0.2, 0.25) is 5.91 Å². The molecule has 3 aromatic rings. The lowest BCUT2D eigenvalue weighted by Crippen LogP contribution is -2.40. The largest absolute Gasteiger partial charge is 0.497 e. The molecule has 29 heavy (non-hydrogen) atoms. The van der Waals surface area contributed by atoms with Gasteiger partial charge in [-0.3, -0.25) is 14.8 Å². The first kappa shape index (κ1) is 19.1. The molecule has 0 radical (unpaired) electrons. The minimum Gasteiger partial charge on any atom is -0.497 e. The second kappa shape index (κ2) is 8.86. The lowest BCUT2D eigenvalue weighted by Gasteiger charge is -2.32. The van der Waals surface area contributed by atoms with E-state index in [4.69, 9.17) is 9.72 Å². The smallest absolute Gasteiger partial charge is 0.227 e. The van der Waals surface area contributed by atoms with Crippen LogP contribution in [0.5, 0.6) is 5.75 Å². The number of benzene rings is 1. The molecule has 0 spiro atoms. The first-order valence-electron chi connectivity index (χ1n) is 10.0. The topological polar surface area (TPSA) is 55.3 Å². The number of hydrogen-bond acceptors (Lipinski definition) is 4. The van der Waals surface area contributed by atoms with Crippen LogP contribution >= 0.6 is 0 Å². The van der Waals surface area contributed by atoms with Gasteiger partial charge < -0.3 is 9.64 Å². The predicted octanol–water partition coefficient (Wildman–Crippen LogP) is 4.10. The molecule has 1 fully saturated rings. The maximum atomic E-state index is 12.8. The molecule has 148 valence electrons. The molecule has 4 rings (SSSR count). The summed E-state index contributed by atoms with van der Waals surface area (Å²) < 4.78 is 5.24. The number of amides is 1. The molecule has 0 aliphatic carbocycles. The van der Waals surface area contributed by atoms with Gasteiger partial charge in [-0.1, -0.05) is 6.07 Å². The van der Waals surface area contributed by atoms with Gasteiger partial charge in [0, 0.05) is 42.7 Å². The molecule has 5 heteroatoms. The fourth-order valence-corrected chi connectivity index (χ4v) is 3.83. The van der Waals surface area contributed by atoms with Crippen molar-refractivity contribution in [2.45, 2.75) is 25.2 Å². The molecule has 1 atom stereocenters. The van der Waals surface area contributed by atoms with E-state index in [1.54, 1.807) is 19.5 Å². The van der Waals surface area contributed by atoms with Crippen LogP contribution in [-0.2, 0) is 11.2 Å². The predicted molar refractivity (Wildman–Crippen MR) is 113 cm³/mol. The second-order valence-electron chi connectivity index (χ2n) is 7.39. The van der Waals surface area contributed by atoms with Gasteiger partial charge in [0.25, 0.3) is 0 Å². The van der Waals surface area contributed by atoms with Crippen LogP contribution in [0.2, 0.25) is 0 Å². The van der Waals surface area contributed by atoms with Crippen LogP contribution in [0.3, 0.4) is 0 Å². The fourth-order valence-electron chi connectivity index (χ4n) is 3.83. The number of likely N-dealkylation sites (tertiary alicyclic amines) is 1. The summed E-state index contributed by atoms with van der Waals surface area (Å²) in [6, 6.07) is 17.9. The van der Waals surface area contributed by atoms with Crippen LogP contribution in [0, 0.1) is 0 Å². The van der Waals surface area contributed by atoms with Crippen molar-refractivity contribution < 1.29 is 9.53 Å². The summed E-state index contributed by atoms with van der Waals surface area (Å²) in [7, 11) is 1.67. The van der Waals surface area contributed by atoms with Gasteiger partial charge in [0.05, 0.1) is 19.2 Å². The summed E-state index contributed by atoms with van der Waals surface area (Å²) in [5, 5.41) is 0. The van der Waals surface area contributed by atoms with E-state index in [1.807, 2.05) is 47.4 Å². The van der Waals surface area contributed by atoms with Crippen molar-refractivity contribution in [3.8, 4) is 17.0 Å². The Morgan fingerprint density at radius 3 is 2.66 bits per heavy atom. The van der Waals surface area contributed by atoms with E-state index in [-0.39, 0.29) is 11.8 Å². The van der Waals surface area contributed by atoms with E-state index < -0.39 is 0 Å². The highest BCUT2D eigenvalue weighted by molar-refractivity contribution is 5.79. The highest BCUT2D eigenvalue weighted by atomic mass is 16.5. The van der Waals surface area contributed by atoms with Crippen molar-refractivity contribution in [1.82, 2.24) is 14.9 Å². The first-order valence-corrected chi connectivity index (χ1v) is 10.0. The second-order valence-corrected chi connectivity index (χ2v) is 7.39. The molecule has 1 amide bonds. The van der Waals surface area contributed by atoms with Gasteiger partial charge in [-0.15, -0.1) is 0 Å². The highest BCUT2D eigenvalue weighted by Gasteiger charge is 2.25. The van der Waals surface area contributed by atoms with Crippen LogP contribution in [0.15, 0.2) is 67.0 Å². The molecule has 2 aromatic heterocycles. The number of carbonyl (C=O) groups is 1. The van der Waals surface area contributed by atoms with Gasteiger partial charge in [-0.2, -0.15) is 0 Å². The molecule has 1 aliphatic rings. The minimum atomic E-state index is 0.173. The number of pyridine rings is 2. The van der Waals surface area contributed by atoms with Crippen LogP contribution in [0.25, 0.3) is 11.3 Å². The number of methoxy groups -OCH3 is 1. The lowest BCUT2D eigenvalue weighted by molar-refractivity contribution is -0.131. The Balaban J connectivity index is 1.47. The number of ether oxygens (including phenoxy) is 1. The zero-order valence-corrected chi connectivity index (χ0v) is 16.6. The van der Waals surface area contributed by atoms with Gasteiger partial charge in [0.15, 0.2) is 0 Å². The number of aromatic nitrogens is 2. The third-order valence-corrected chi connectivity index (χ3v) is 5.45. The van der Waals surface area contributed by atoms with E-state index in [0.29, 0.717) is 6.42 Å². The van der Waals surface area contributed by atoms with Crippen LogP contribution in [0.4, 0.5) is 0 Å². The van der Waals surface area contributed by atoms with Crippen molar-refractivity contribution >= 4 is 5.91 Å². The Hall–Kier alpha value is -3.21. The molecule has 0 saturated carbocycles. The Bertz CT molecular complexity index is 957. The van der Waals surface area contributed by atoms with E-state index >= 15 is 0 Å². The molecular formula is C24H25N3O2. The van der Waals surface area contributed by atoms with E-state index in [0.717, 1.165) is 54.2 Å². The summed E-state index contributed by atoms with van der Waals surface area (Å²) in [6.07, 6.45) is 5.94. The number of rotatable bonds is 5. The minimum absolute atomic E-state index is 0.173. The zero-order valence-electron chi connectivity index (χ0n) is 16.6. The number of piperidine rings is 1. The monoisotopic (exact) mass is 387 g/mol. The van der Waals surface area contributed by atoms with Crippen molar-refractivity contribution in [2.24, 2.45) is 0 Å². The average molecular weight is 387 g/mol. The molecule has 1 aromatic carbocycles. The van der Waals surface area contributed by atoms with Gasteiger partial charge >= 0.3 is 0 Å². The third kappa shape index (κ3) is 4.62. The van der Waals surface area contributed by atoms with Crippen molar-refractivity contribution in [2.75, 3.05) is 20.2 Å². The molecule has 1 aliphatic heterocycles. The van der Waals surface area contributed by atoms with Crippen molar-refractivity contribution in [1.29, 1.82) is 0 Å². The van der Waals surface area contributed by atoms with Crippen molar-refractivity contribution in [3.05, 3.63) is 78.2 Å². The molecule has 0 N–H and O–H groups in total. The number of nitrogens with zero attached hydrogens (tertiary/aromatic N) is 3. The maximum Gasteiger partial charge on any atom is 0.227 e. The van der Waals surface area contributed by atoms with E-state index in [9.17, 15) is 4.79 Å². The fraction of sp³-hybridized carbons (Fsp3) is 0.292. The third-order valence-electron chi connectivity index (χ3n) is 5.45. The quantitative estimate of drug-likeness (QED) is 0.661. The average Bonchev–Trinajstić information content (AvgIpc) is 2.80. The Kier molecular flexibility index (Phi) is 5.84. The molecule has 0 bridgehead atoms. The molecule has 3 heterocycles. The summed E-state index contributed by atoms with van der Waals surface area (Å²) in [4.78, 5) is 23.7. The van der Waals surface area contributed by atoms with E-state index in [2.05, 4.69) is 17.1 Å². The van der Waals surface area contributed by atoms with Gasteiger partial charge in [0.1, 0.15) is 5.75 Å². The van der Waals surface area contributed by atoms with Gasteiger partial charge in [-0.05, 0) is 66.9 Å². The first-order chi connectivity index (χ1) is 14.2.